The van der Waals surface area contributed by atoms with E-state index in [1.807, 2.05) is 11.3 Å². The van der Waals surface area contributed by atoms with E-state index in [0.717, 1.165) is 13.1 Å². The van der Waals surface area contributed by atoms with E-state index < -0.39 is 0 Å². The van der Waals surface area contributed by atoms with Gasteiger partial charge in [0.25, 0.3) is 0 Å². The summed E-state index contributed by atoms with van der Waals surface area (Å²) >= 11 is 1.83. The number of nitrogens with one attached hydrogen (secondary N) is 1. The number of ether oxygens (including phenoxy) is 1. The molecule has 0 amide bonds. The van der Waals surface area contributed by atoms with Gasteiger partial charge in [0.05, 0.1) is 6.61 Å². The Morgan fingerprint density at radius 3 is 2.65 bits per heavy atom. The molecule has 0 aliphatic heterocycles. The highest BCUT2D eigenvalue weighted by molar-refractivity contribution is 7.10. The molecule has 0 atom stereocenters. The van der Waals surface area contributed by atoms with Crippen LogP contribution in [0.3, 0.4) is 0 Å². The van der Waals surface area contributed by atoms with Crippen molar-refractivity contribution in [1.82, 2.24) is 5.32 Å². The third kappa shape index (κ3) is 4.17. The van der Waals surface area contributed by atoms with E-state index in [-0.39, 0.29) is 5.41 Å². The molecule has 2 aromatic rings. The van der Waals surface area contributed by atoms with Crippen LogP contribution in [-0.2, 0) is 23.3 Å². The lowest BCUT2D eigenvalue weighted by atomic mass is 9.91. The predicted octanol–water partition coefficient (Wildman–Crippen LogP) is 3.96. The van der Waals surface area contributed by atoms with Crippen molar-refractivity contribution in [1.29, 1.82) is 0 Å². The summed E-state index contributed by atoms with van der Waals surface area (Å²) in [5.74, 6) is 0. The second kappa shape index (κ2) is 7.02. The number of hydrogen-bond acceptors (Lipinski definition) is 3. The quantitative estimate of drug-likeness (QED) is 0.833. The third-order valence-corrected chi connectivity index (χ3v) is 4.62. The molecule has 1 aromatic heterocycles. The second-order valence-corrected chi connectivity index (χ2v) is 6.67. The molecule has 0 saturated carbocycles. The van der Waals surface area contributed by atoms with Gasteiger partial charge in [-0.2, -0.15) is 0 Å². The molecule has 3 heteroatoms. The monoisotopic (exact) mass is 289 g/mol. The van der Waals surface area contributed by atoms with Gasteiger partial charge in [-0.05, 0) is 22.6 Å². The van der Waals surface area contributed by atoms with Crippen LogP contribution in [0.2, 0.25) is 0 Å². The zero-order valence-corrected chi connectivity index (χ0v) is 13.3. The first kappa shape index (κ1) is 15.2. The Kier molecular flexibility index (Phi) is 5.35. The van der Waals surface area contributed by atoms with Crippen LogP contribution in [0, 0.1) is 0 Å². The van der Waals surface area contributed by atoms with Gasteiger partial charge in [0, 0.05) is 30.5 Å². The fourth-order valence-electron chi connectivity index (χ4n) is 2.27. The van der Waals surface area contributed by atoms with Gasteiger partial charge in [-0.1, -0.05) is 44.2 Å². The minimum absolute atomic E-state index is 0.179. The zero-order valence-electron chi connectivity index (χ0n) is 12.5. The van der Waals surface area contributed by atoms with Crippen molar-refractivity contribution in [2.75, 3.05) is 13.7 Å². The lowest BCUT2D eigenvalue weighted by Crippen LogP contribution is -2.31. The van der Waals surface area contributed by atoms with Crippen molar-refractivity contribution < 1.29 is 4.74 Å². The molecule has 0 fully saturated rings. The maximum absolute atomic E-state index is 5.17. The van der Waals surface area contributed by atoms with E-state index in [1.54, 1.807) is 7.11 Å². The summed E-state index contributed by atoms with van der Waals surface area (Å²) in [6, 6.07) is 12.9. The zero-order chi connectivity index (χ0) is 14.4. The van der Waals surface area contributed by atoms with E-state index in [4.69, 9.17) is 4.74 Å². The summed E-state index contributed by atoms with van der Waals surface area (Å²) in [6.45, 7) is 7.11. The molecular weight excluding hydrogens is 266 g/mol. The molecule has 2 nitrogen and oxygen atoms in total. The molecule has 0 spiro atoms. The normalized spacial score (nSPS) is 11.8. The molecule has 1 aromatic carbocycles. The highest BCUT2D eigenvalue weighted by Gasteiger charge is 2.20. The van der Waals surface area contributed by atoms with E-state index in [2.05, 4.69) is 60.9 Å². The van der Waals surface area contributed by atoms with Crippen molar-refractivity contribution in [3.05, 3.63) is 57.8 Å². The second-order valence-electron chi connectivity index (χ2n) is 5.72. The average Bonchev–Trinajstić information content (AvgIpc) is 2.94. The molecule has 0 radical (unpaired) electrons. The Hall–Kier alpha value is -1.16. The van der Waals surface area contributed by atoms with Gasteiger partial charge in [0.2, 0.25) is 0 Å². The van der Waals surface area contributed by atoms with Gasteiger partial charge in [0.15, 0.2) is 0 Å². The molecule has 0 aliphatic rings. The van der Waals surface area contributed by atoms with Crippen molar-refractivity contribution in [3.63, 3.8) is 0 Å². The summed E-state index contributed by atoms with van der Waals surface area (Å²) in [4.78, 5) is 1.43. The Morgan fingerprint density at radius 2 is 1.95 bits per heavy atom. The first-order valence-electron chi connectivity index (χ1n) is 6.93. The molecule has 2 rings (SSSR count). The first-order chi connectivity index (χ1) is 9.62. The van der Waals surface area contributed by atoms with Crippen molar-refractivity contribution in [2.45, 2.75) is 32.4 Å². The maximum atomic E-state index is 5.17. The molecule has 1 heterocycles. The van der Waals surface area contributed by atoms with Gasteiger partial charge in [-0.15, -0.1) is 11.3 Å². The molecule has 108 valence electrons. The largest absolute Gasteiger partial charge is 0.380 e. The van der Waals surface area contributed by atoms with E-state index in [9.17, 15) is 0 Å². The Morgan fingerprint density at radius 1 is 1.15 bits per heavy atom. The van der Waals surface area contributed by atoms with Crippen LogP contribution in [0.5, 0.6) is 0 Å². The topological polar surface area (TPSA) is 21.3 Å². The molecule has 0 bridgehead atoms. The molecule has 0 unspecified atom stereocenters. The number of benzene rings is 1. The van der Waals surface area contributed by atoms with Crippen LogP contribution in [-0.4, -0.2) is 13.7 Å². The standard InChI is InChI=1S/C17H23NOS/c1-17(2,16-8-5-9-20-16)13-18-11-14-6-4-7-15(10-14)12-19-3/h4-10,18H,11-13H2,1-3H3. The van der Waals surface area contributed by atoms with E-state index in [1.165, 1.54) is 16.0 Å². The molecule has 1 N–H and O–H groups in total. The summed E-state index contributed by atoms with van der Waals surface area (Å²) < 4.78 is 5.17. The Labute approximate surface area is 125 Å². The molecule has 0 saturated heterocycles. The summed E-state index contributed by atoms with van der Waals surface area (Å²) in [5, 5.41) is 5.71. The van der Waals surface area contributed by atoms with Crippen LogP contribution < -0.4 is 5.32 Å². The van der Waals surface area contributed by atoms with Crippen LogP contribution in [0.4, 0.5) is 0 Å². The number of hydrogen-bond donors (Lipinski definition) is 1. The van der Waals surface area contributed by atoms with Gasteiger partial charge < -0.3 is 10.1 Å². The van der Waals surface area contributed by atoms with Crippen LogP contribution in [0.1, 0.15) is 29.9 Å². The van der Waals surface area contributed by atoms with Crippen LogP contribution >= 0.6 is 11.3 Å². The summed E-state index contributed by atoms with van der Waals surface area (Å²) in [5.41, 5.74) is 2.71. The highest BCUT2D eigenvalue weighted by atomic mass is 32.1. The minimum Gasteiger partial charge on any atom is -0.380 e. The van der Waals surface area contributed by atoms with Gasteiger partial charge in [-0.25, -0.2) is 0 Å². The van der Waals surface area contributed by atoms with Gasteiger partial charge in [0.1, 0.15) is 0 Å². The molecular formula is C17H23NOS. The maximum Gasteiger partial charge on any atom is 0.0713 e. The lowest BCUT2D eigenvalue weighted by Gasteiger charge is -2.23. The lowest BCUT2D eigenvalue weighted by molar-refractivity contribution is 0.185. The predicted molar refractivity (Wildman–Crippen MR) is 86.2 cm³/mol. The fraction of sp³-hybridized carbons (Fsp3) is 0.412. The third-order valence-electron chi connectivity index (χ3n) is 3.39. The smallest absolute Gasteiger partial charge is 0.0713 e. The first-order valence-corrected chi connectivity index (χ1v) is 7.81. The van der Waals surface area contributed by atoms with Gasteiger partial charge >= 0.3 is 0 Å². The summed E-state index contributed by atoms with van der Waals surface area (Å²) in [6.07, 6.45) is 0. The number of methoxy groups -OCH3 is 1. The fourth-order valence-corrected chi connectivity index (χ4v) is 3.12. The Bertz CT molecular complexity index is 520. The molecule has 20 heavy (non-hydrogen) atoms. The highest BCUT2D eigenvalue weighted by Crippen LogP contribution is 2.26. The molecule has 0 aliphatic carbocycles. The van der Waals surface area contributed by atoms with Crippen LogP contribution in [0.15, 0.2) is 41.8 Å². The van der Waals surface area contributed by atoms with Crippen molar-refractivity contribution in [2.24, 2.45) is 0 Å². The van der Waals surface area contributed by atoms with Crippen molar-refractivity contribution >= 4 is 11.3 Å². The van der Waals surface area contributed by atoms with Crippen LogP contribution in [0.25, 0.3) is 0 Å². The van der Waals surface area contributed by atoms with E-state index >= 15 is 0 Å². The Balaban J connectivity index is 1.88. The van der Waals surface area contributed by atoms with E-state index in [0.29, 0.717) is 6.61 Å². The number of thiophene rings is 1. The SMILES string of the molecule is COCc1cccc(CNCC(C)(C)c2cccs2)c1. The minimum atomic E-state index is 0.179. The summed E-state index contributed by atoms with van der Waals surface area (Å²) in [7, 11) is 1.73. The average molecular weight is 289 g/mol. The van der Waals surface area contributed by atoms with Gasteiger partial charge in [-0.3, -0.25) is 0 Å². The number of rotatable bonds is 7. The van der Waals surface area contributed by atoms with Crippen molar-refractivity contribution in [3.8, 4) is 0 Å².